The molecule has 16 heavy (non-hydrogen) atoms. The molecule has 1 aliphatic heterocycles. The van der Waals surface area contributed by atoms with E-state index in [1.54, 1.807) is 0 Å². The smallest absolute Gasteiger partial charge is 0.421 e. The van der Waals surface area contributed by atoms with Gasteiger partial charge in [0.1, 0.15) is 0 Å². The van der Waals surface area contributed by atoms with Crippen LogP contribution in [0, 0.1) is 0 Å². The summed E-state index contributed by atoms with van der Waals surface area (Å²) in [5.41, 5.74) is 0. The molecule has 8 heteroatoms. The molecule has 0 aromatic heterocycles. The van der Waals surface area contributed by atoms with Gasteiger partial charge in [-0.15, -0.1) is 0 Å². The van der Waals surface area contributed by atoms with Crippen LogP contribution in [0.3, 0.4) is 0 Å². The van der Waals surface area contributed by atoms with E-state index in [-0.39, 0.29) is 6.04 Å². The monoisotopic (exact) mass is 251 g/mol. The van der Waals surface area contributed by atoms with Crippen LogP contribution in [0.1, 0.15) is 13.3 Å². The summed E-state index contributed by atoms with van der Waals surface area (Å²) < 4.78 is 31.0. The fourth-order valence-corrected chi connectivity index (χ4v) is 2.78. The summed E-state index contributed by atoms with van der Waals surface area (Å²) in [6, 6.07) is -0.0814. The lowest BCUT2D eigenvalue weighted by atomic mass is 10.2. The Morgan fingerprint density at radius 2 is 2.19 bits per heavy atom. The summed E-state index contributed by atoms with van der Waals surface area (Å²) in [6.07, 6.45) is -0.271. The van der Waals surface area contributed by atoms with E-state index in [2.05, 4.69) is 10.1 Å². The Morgan fingerprint density at radius 3 is 2.56 bits per heavy atom. The molecule has 0 aliphatic carbocycles. The van der Waals surface area contributed by atoms with Gasteiger partial charge in [0.05, 0.1) is 13.2 Å². The van der Waals surface area contributed by atoms with Gasteiger partial charge in [0, 0.05) is 19.6 Å². The van der Waals surface area contributed by atoms with Crippen molar-refractivity contribution < 1.29 is 17.9 Å². The Bertz CT molecular complexity index is 339. The number of methoxy groups -OCH3 is 1. The zero-order chi connectivity index (χ0) is 12.2. The van der Waals surface area contributed by atoms with Crippen molar-refractivity contribution in [2.75, 3.05) is 26.7 Å². The standard InChI is InChI=1S/C8H17N3O4S/c1-3-4-11(7-5-9-6-7)16(13,14)10-8(12)15-2/h7,9H,3-6H2,1-2H3,(H,10,12). The van der Waals surface area contributed by atoms with Crippen LogP contribution in [-0.2, 0) is 14.9 Å². The van der Waals surface area contributed by atoms with E-state index in [1.165, 1.54) is 4.31 Å². The SMILES string of the molecule is CCCN(C1CNC1)S(=O)(=O)NC(=O)OC. The third-order valence-corrected chi connectivity index (χ3v) is 3.84. The summed E-state index contributed by atoms with van der Waals surface area (Å²) >= 11 is 0. The topological polar surface area (TPSA) is 87.7 Å². The molecule has 1 saturated heterocycles. The fraction of sp³-hybridized carbons (Fsp3) is 0.875. The van der Waals surface area contributed by atoms with E-state index in [1.807, 2.05) is 11.6 Å². The lowest BCUT2D eigenvalue weighted by Gasteiger charge is -2.36. The minimum atomic E-state index is -3.79. The van der Waals surface area contributed by atoms with E-state index in [0.29, 0.717) is 26.1 Å². The molecule has 1 aliphatic rings. The predicted octanol–water partition coefficient (Wildman–Crippen LogP) is -0.729. The molecule has 0 radical (unpaired) electrons. The molecule has 7 nitrogen and oxygen atoms in total. The Hall–Kier alpha value is -0.860. The molecule has 94 valence electrons. The summed E-state index contributed by atoms with van der Waals surface area (Å²) in [4.78, 5) is 10.9. The van der Waals surface area contributed by atoms with Crippen molar-refractivity contribution in [3.05, 3.63) is 0 Å². The number of ether oxygens (including phenoxy) is 1. The van der Waals surface area contributed by atoms with Gasteiger partial charge in [0.15, 0.2) is 0 Å². The number of nitrogens with zero attached hydrogens (tertiary/aromatic N) is 1. The van der Waals surface area contributed by atoms with Crippen molar-refractivity contribution in [1.82, 2.24) is 14.3 Å². The maximum absolute atomic E-state index is 11.8. The summed E-state index contributed by atoms with van der Waals surface area (Å²) in [6.45, 7) is 3.50. The van der Waals surface area contributed by atoms with Crippen LogP contribution in [0.15, 0.2) is 0 Å². The Balaban J connectivity index is 2.71. The molecule has 0 bridgehead atoms. The average Bonchev–Trinajstić information content (AvgIpc) is 2.13. The molecule has 1 fully saturated rings. The van der Waals surface area contributed by atoms with Crippen LogP contribution in [0.5, 0.6) is 0 Å². The van der Waals surface area contributed by atoms with Crippen LogP contribution < -0.4 is 10.0 Å². The average molecular weight is 251 g/mol. The number of carbonyl (C=O) groups is 1. The highest BCUT2D eigenvalue weighted by molar-refractivity contribution is 7.87. The van der Waals surface area contributed by atoms with Crippen LogP contribution in [0.25, 0.3) is 0 Å². The molecule has 0 saturated carbocycles. The van der Waals surface area contributed by atoms with Gasteiger partial charge >= 0.3 is 16.3 Å². The van der Waals surface area contributed by atoms with Gasteiger partial charge in [0.25, 0.3) is 0 Å². The largest absolute Gasteiger partial charge is 0.452 e. The predicted molar refractivity (Wildman–Crippen MR) is 58.1 cm³/mol. The molecular formula is C8H17N3O4S. The molecule has 0 atom stereocenters. The third-order valence-electron chi connectivity index (χ3n) is 2.32. The van der Waals surface area contributed by atoms with E-state index < -0.39 is 16.3 Å². The van der Waals surface area contributed by atoms with Gasteiger partial charge in [-0.05, 0) is 6.42 Å². The summed E-state index contributed by atoms with van der Waals surface area (Å²) in [7, 11) is -2.66. The number of amides is 1. The number of hydrogen-bond donors (Lipinski definition) is 2. The van der Waals surface area contributed by atoms with Crippen LogP contribution >= 0.6 is 0 Å². The maximum atomic E-state index is 11.8. The highest BCUT2D eigenvalue weighted by atomic mass is 32.2. The molecular weight excluding hydrogens is 234 g/mol. The van der Waals surface area contributed by atoms with Crippen LogP contribution in [0.4, 0.5) is 4.79 Å². The second-order valence-corrected chi connectivity index (χ2v) is 5.14. The van der Waals surface area contributed by atoms with E-state index in [9.17, 15) is 13.2 Å². The van der Waals surface area contributed by atoms with Crippen molar-refractivity contribution in [2.24, 2.45) is 0 Å². The molecule has 0 unspecified atom stereocenters. The molecule has 0 aromatic carbocycles. The first-order chi connectivity index (χ1) is 7.51. The second-order valence-electron chi connectivity index (χ2n) is 3.52. The normalized spacial score (nSPS) is 16.9. The van der Waals surface area contributed by atoms with Crippen molar-refractivity contribution in [1.29, 1.82) is 0 Å². The van der Waals surface area contributed by atoms with Gasteiger partial charge in [-0.3, -0.25) is 0 Å². The van der Waals surface area contributed by atoms with Gasteiger partial charge in [0.2, 0.25) is 0 Å². The zero-order valence-electron chi connectivity index (χ0n) is 9.39. The van der Waals surface area contributed by atoms with Gasteiger partial charge in [-0.1, -0.05) is 6.92 Å². The Labute approximate surface area is 95.3 Å². The van der Waals surface area contributed by atoms with Crippen molar-refractivity contribution in [3.63, 3.8) is 0 Å². The van der Waals surface area contributed by atoms with Gasteiger partial charge in [-0.25, -0.2) is 9.52 Å². The lowest BCUT2D eigenvalue weighted by Crippen LogP contribution is -2.61. The molecule has 2 N–H and O–H groups in total. The number of carbonyl (C=O) groups excluding carboxylic acids is 1. The quantitative estimate of drug-likeness (QED) is 0.672. The van der Waals surface area contributed by atoms with Crippen LogP contribution in [0.2, 0.25) is 0 Å². The first-order valence-corrected chi connectivity index (χ1v) is 6.53. The van der Waals surface area contributed by atoms with Crippen molar-refractivity contribution in [2.45, 2.75) is 19.4 Å². The van der Waals surface area contributed by atoms with E-state index in [4.69, 9.17) is 0 Å². The molecule has 0 aromatic rings. The molecule has 1 heterocycles. The highest BCUT2D eigenvalue weighted by Crippen LogP contribution is 2.10. The van der Waals surface area contributed by atoms with Crippen molar-refractivity contribution >= 4 is 16.3 Å². The molecule has 1 amide bonds. The van der Waals surface area contributed by atoms with Crippen LogP contribution in [-0.4, -0.2) is 51.6 Å². The number of rotatable bonds is 5. The maximum Gasteiger partial charge on any atom is 0.421 e. The second kappa shape index (κ2) is 5.46. The minimum Gasteiger partial charge on any atom is -0.452 e. The fourth-order valence-electron chi connectivity index (χ4n) is 1.40. The van der Waals surface area contributed by atoms with E-state index >= 15 is 0 Å². The number of nitrogens with one attached hydrogen (secondary N) is 2. The summed E-state index contributed by atoms with van der Waals surface area (Å²) in [5.74, 6) is 0. The van der Waals surface area contributed by atoms with Crippen molar-refractivity contribution in [3.8, 4) is 0 Å². The Kier molecular flexibility index (Phi) is 4.51. The first kappa shape index (κ1) is 13.2. The minimum absolute atomic E-state index is 0.0814. The zero-order valence-corrected chi connectivity index (χ0v) is 10.2. The molecule has 1 rings (SSSR count). The van der Waals surface area contributed by atoms with E-state index in [0.717, 1.165) is 7.11 Å². The van der Waals surface area contributed by atoms with Gasteiger partial charge < -0.3 is 10.1 Å². The first-order valence-electron chi connectivity index (χ1n) is 5.09. The number of hydrogen-bond acceptors (Lipinski definition) is 5. The molecule has 0 spiro atoms. The Morgan fingerprint density at radius 1 is 1.56 bits per heavy atom. The highest BCUT2D eigenvalue weighted by Gasteiger charge is 2.34. The third kappa shape index (κ3) is 3.06. The van der Waals surface area contributed by atoms with Gasteiger partial charge in [-0.2, -0.15) is 12.7 Å². The summed E-state index contributed by atoms with van der Waals surface area (Å²) in [5, 5.41) is 2.99. The lowest BCUT2D eigenvalue weighted by molar-refractivity contribution is 0.175.